The number of rotatable bonds is 2. The maximum absolute atomic E-state index is 12.7. The van der Waals surface area contributed by atoms with Crippen molar-refractivity contribution < 1.29 is 8.87 Å². The zero-order valence-corrected chi connectivity index (χ0v) is 6.35. The lowest BCUT2D eigenvalue weighted by molar-refractivity contribution is 0.453. The van der Waals surface area contributed by atoms with E-state index >= 15 is 0 Å². The SMILES string of the molecule is Fc1ccccc1N(F)CCl. The number of para-hydroxylation sites is 1. The molecule has 0 saturated heterocycles. The summed E-state index contributed by atoms with van der Waals surface area (Å²) in [7, 11) is 0. The second kappa shape index (κ2) is 3.53. The van der Waals surface area contributed by atoms with Gasteiger partial charge < -0.3 is 0 Å². The molecule has 0 bridgehead atoms. The van der Waals surface area contributed by atoms with Gasteiger partial charge in [0.25, 0.3) is 0 Å². The van der Waals surface area contributed by atoms with Gasteiger partial charge in [0.15, 0.2) is 0 Å². The first-order chi connectivity index (χ1) is 5.25. The molecule has 60 valence electrons. The van der Waals surface area contributed by atoms with Gasteiger partial charge in [0, 0.05) is 0 Å². The standard InChI is InChI=1S/C7H6ClF2N/c8-5-11(10)7-4-2-1-3-6(7)9/h1-4H,5H2. The number of alkyl halides is 1. The number of nitrogens with zero attached hydrogens (tertiary/aromatic N) is 1. The van der Waals surface area contributed by atoms with E-state index < -0.39 is 5.82 Å². The normalized spacial score (nSPS) is 9.73. The van der Waals surface area contributed by atoms with E-state index in [2.05, 4.69) is 0 Å². The van der Waals surface area contributed by atoms with Gasteiger partial charge in [-0.2, -0.15) is 5.12 Å². The number of benzene rings is 1. The summed E-state index contributed by atoms with van der Waals surface area (Å²) < 4.78 is 25.3. The minimum atomic E-state index is -0.615. The molecule has 0 aliphatic rings. The zero-order valence-electron chi connectivity index (χ0n) is 5.60. The third kappa shape index (κ3) is 1.80. The highest BCUT2D eigenvalue weighted by atomic mass is 35.5. The molecule has 0 spiro atoms. The number of hydrogen-bond acceptors (Lipinski definition) is 1. The fourth-order valence-corrected chi connectivity index (χ4v) is 0.842. The zero-order chi connectivity index (χ0) is 8.27. The van der Waals surface area contributed by atoms with E-state index in [1.54, 1.807) is 0 Å². The number of anilines is 1. The van der Waals surface area contributed by atoms with Crippen LogP contribution in [0, 0.1) is 5.82 Å². The van der Waals surface area contributed by atoms with Crippen molar-refractivity contribution in [2.45, 2.75) is 0 Å². The highest BCUT2D eigenvalue weighted by molar-refractivity contribution is 6.18. The summed E-state index contributed by atoms with van der Waals surface area (Å²) in [6, 6.07) is 5.14. The molecular weight excluding hydrogens is 172 g/mol. The van der Waals surface area contributed by atoms with Gasteiger partial charge in [-0.05, 0) is 12.1 Å². The molecule has 1 aromatic carbocycles. The van der Waals surface area contributed by atoms with E-state index in [1.807, 2.05) is 0 Å². The topological polar surface area (TPSA) is 3.24 Å². The van der Waals surface area contributed by atoms with Crippen LogP contribution < -0.4 is 5.12 Å². The van der Waals surface area contributed by atoms with Crippen LogP contribution in [0.5, 0.6) is 0 Å². The average molecular weight is 178 g/mol. The first-order valence-electron chi connectivity index (χ1n) is 2.99. The summed E-state index contributed by atoms with van der Waals surface area (Å²) in [5, 5.41) is 0.136. The number of hydrogen-bond donors (Lipinski definition) is 0. The Kier molecular flexibility index (Phi) is 2.65. The van der Waals surface area contributed by atoms with Crippen LogP contribution in [0.15, 0.2) is 24.3 Å². The van der Waals surface area contributed by atoms with E-state index in [9.17, 15) is 8.87 Å². The molecule has 0 N–H and O–H groups in total. The first kappa shape index (κ1) is 8.27. The molecule has 0 fully saturated rings. The van der Waals surface area contributed by atoms with E-state index in [1.165, 1.54) is 24.3 Å². The van der Waals surface area contributed by atoms with Crippen molar-refractivity contribution in [3.05, 3.63) is 30.1 Å². The summed E-state index contributed by atoms with van der Waals surface area (Å²) in [5.74, 6) is -0.615. The second-order valence-electron chi connectivity index (χ2n) is 1.93. The Balaban J connectivity index is 2.93. The lowest BCUT2D eigenvalue weighted by Crippen LogP contribution is -2.09. The van der Waals surface area contributed by atoms with Gasteiger partial charge in [0.1, 0.15) is 17.5 Å². The molecule has 0 unspecified atom stereocenters. The summed E-state index contributed by atoms with van der Waals surface area (Å²) >= 11 is 5.14. The molecule has 0 aliphatic heterocycles. The van der Waals surface area contributed by atoms with Gasteiger partial charge >= 0.3 is 0 Å². The Morgan fingerprint density at radius 1 is 1.36 bits per heavy atom. The quantitative estimate of drug-likeness (QED) is 0.382. The molecule has 0 radical (unpaired) electrons. The monoisotopic (exact) mass is 177 g/mol. The van der Waals surface area contributed by atoms with Crippen LogP contribution >= 0.6 is 11.6 Å². The van der Waals surface area contributed by atoms with Gasteiger partial charge in [-0.3, -0.25) is 0 Å². The molecule has 0 aromatic heterocycles. The minimum Gasteiger partial charge on any atom is -0.205 e. The Morgan fingerprint density at radius 3 is 2.55 bits per heavy atom. The van der Waals surface area contributed by atoms with E-state index in [4.69, 9.17) is 11.6 Å². The predicted octanol–water partition coefficient (Wildman–Crippen LogP) is 2.71. The number of halogens is 3. The van der Waals surface area contributed by atoms with Crippen LogP contribution in [0.4, 0.5) is 14.6 Å². The Hall–Kier alpha value is -0.830. The smallest absolute Gasteiger partial charge is 0.149 e. The Bertz CT molecular complexity index is 242. The highest BCUT2D eigenvalue weighted by Gasteiger charge is 2.07. The average Bonchev–Trinajstić information content (AvgIpc) is 2.04. The van der Waals surface area contributed by atoms with Gasteiger partial charge in [-0.25, -0.2) is 4.39 Å². The summed E-state index contributed by atoms with van der Waals surface area (Å²) in [6.45, 7) is 0. The maximum Gasteiger partial charge on any atom is 0.149 e. The van der Waals surface area contributed by atoms with E-state index in [0.29, 0.717) is 0 Å². The maximum atomic E-state index is 12.7. The summed E-state index contributed by atoms with van der Waals surface area (Å²) in [6.07, 6.45) is 0. The fraction of sp³-hybridized carbons (Fsp3) is 0.143. The van der Waals surface area contributed by atoms with Crippen LogP contribution in [0.2, 0.25) is 0 Å². The molecule has 0 amide bonds. The highest BCUT2D eigenvalue weighted by Crippen LogP contribution is 2.18. The van der Waals surface area contributed by atoms with Crippen LogP contribution in [0.3, 0.4) is 0 Å². The molecule has 1 rings (SSSR count). The van der Waals surface area contributed by atoms with Crippen LogP contribution in [-0.4, -0.2) is 6.00 Å². The third-order valence-corrected chi connectivity index (χ3v) is 1.43. The fourth-order valence-electron chi connectivity index (χ4n) is 0.713. The van der Waals surface area contributed by atoms with E-state index in [0.717, 1.165) is 0 Å². The van der Waals surface area contributed by atoms with Crippen molar-refractivity contribution in [1.29, 1.82) is 0 Å². The van der Waals surface area contributed by atoms with Crippen molar-refractivity contribution in [2.24, 2.45) is 0 Å². The molecule has 0 aliphatic carbocycles. The predicted molar refractivity (Wildman–Crippen MR) is 40.7 cm³/mol. The van der Waals surface area contributed by atoms with Crippen molar-refractivity contribution in [1.82, 2.24) is 0 Å². The van der Waals surface area contributed by atoms with Gasteiger partial charge in [0.05, 0.1) is 0 Å². The molecule has 0 heterocycles. The van der Waals surface area contributed by atoms with Crippen molar-refractivity contribution in [2.75, 3.05) is 11.1 Å². The van der Waals surface area contributed by atoms with Crippen LogP contribution in [-0.2, 0) is 0 Å². The van der Waals surface area contributed by atoms with Crippen LogP contribution in [0.1, 0.15) is 0 Å². The van der Waals surface area contributed by atoms with Gasteiger partial charge in [-0.1, -0.05) is 16.6 Å². The first-order valence-corrected chi connectivity index (χ1v) is 3.53. The van der Waals surface area contributed by atoms with Gasteiger partial charge in [0.2, 0.25) is 0 Å². The molecule has 1 aromatic rings. The molecule has 0 saturated carbocycles. The lowest BCUT2D eigenvalue weighted by Gasteiger charge is -2.09. The van der Waals surface area contributed by atoms with Crippen molar-refractivity contribution in [3.8, 4) is 0 Å². The lowest BCUT2D eigenvalue weighted by atomic mass is 10.3. The largest absolute Gasteiger partial charge is 0.205 e. The molecular formula is C7H6ClF2N. The second-order valence-corrected chi connectivity index (χ2v) is 2.17. The summed E-state index contributed by atoms with van der Waals surface area (Å²) in [4.78, 5) is 0. The molecule has 1 nitrogen and oxygen atoms in total. The summed E-state index contributed by atoms with van der Waals surface area (Å²) in [5.41, 5.74) is -0.137. The molecule has 0 atom stereocenters. The molecule has 11 heavy (non-hydrogen) atoms. The van der Waals surface area contributed by atoms with Crippen molar-refractivity contribution in [3.63, 3.8) is 0 Å². The Morgan fingerprint density at radius 2 is 2.00 bits per heavy atom. The van der Waals surface area contributed by atoms with Gasteiger partial charge in [-0.15, -0.1) is 11.6 Å². The minimum absolute atomic E-state index is 0.136. The molecule has 4 heteroatoms. The van der Waals surface area contributed by atoms with Crippen LogP contribution in [0.25, 0.3) is 0 Å². The third-order valence-electron chi connectivity index (χ3n) is 1.22. The Labute approximate surface area is 68.1 Å². The van der Waals surface area contributed by atoms with E-state index in [-0.39, 0.29) is 16.8 Å². The van der Waals surface area contributed by atoms with Crippen molar-refractivity contribution >= 4 is 17.3 Å².